The Morgan fingerprint density at radius 2 is 2.04 bits per heavy atom. The molecule has 1 aromatic heterocycles. The molecule has 0 unspecified atom stereocenters. The molecule has 0 saturated carbocycles. The number of carbonyl (C=O) groups excluding carboxylic acids is 1. The van der Waals surface area contributed by atoms with Gasteiger partial charge in [-0.05, 0) is 24.1 Å². The number of benzene rings is 1. The van der Waals surface area contributed by atoms with Crippen molar-refractivity contribution in [1.82, 2.24) is 4.98 Å². The maximum Gasteiger partial charge on any atom is 0.257 e. The van der Waals surface area contributed by atoms with Crippen LogP contribution in [0.15, 0.2) is 42.7 Å². The van der Waals surface area contributed by atoms with Crippen LogP contribution in [0.3, 0.4) is 0 Å². The Hall–Kier alpha value is -2.40. The van der Waals surface area contributed by atoms with Crippen molar-refractivity contribution >= 4 is 17.3 Å². The van der Waals surface area contributed by atoms with Gasteiger partial charge in [0.15, 0.2) is 0 Å². The molecule has 5 nitrogen and oxygen atoms in total. The van der Waals surface area contributed by atoms with Gasteiger partial charge in [0.1, 0.15) is 0 Å². The van der Waals surface area contributed by atoms with Crippen molar-refractivity contribution in [3.63, 3.8) is 0 Å². The molecule has 23 heavy (non-hydrogen) atoms. The summed E-state index contributed by atoms with van der Waals surface area (Å²) < 4.78 is 5.36. The van der Waals surface area contributed by atoms with Gasteiger partial charge >= 0.3 is 0 Å². The zero-order valence-electron chi connectivity index (χ0n) is 13.3. The van der Waals surface area contributed by atoms with Gasteiger partial charge in [-0.3, -0.25) is 9.78 Å². The Bertz CT molecular complexity index is 681. The minimum absolute atomic E-state index is 0.131. The first-order chi connectivity index (χ1) is 11.3. The van der Waals surface area contributed by atoms with E-state index >= 15 is 0 Å². The summed E-state index contributed by atoms with van der Waals surface area (Å²) in [5.41, 5.74) is 3.51. The molecule has 0 radical (unpaired) electrons. The number of morpholine rings is 1. The van der Waals surface area contributed by atoms with Crippen LogP contribution in [0.4, 0.5) is 11.4 Å². The van der Waals surface area contributed by atoms with Gasteiger partial charge < -0.3 is 15.0 Å². The molecule has 120 valence electrons. The molecule has 0 atom stereocenters. The summed E-state index contributed by atoms with van der Waals surface area (Å²) in [5.74, 6) is -0.131. The number of aryl methyl sites for hydroxylation is 1. The number of carbonyl (C=O) groups is 1. The van der Waals surface area contributed by atoms with Crippen LogP contribution in [-0.2, 0) is 11.2 Å². The lowest BCUT2D eigenvalue weighted by Gasteiger charge is -2.28. The lowest BCUT2D eigenvalue weighted by atomic mass is 10.1. The van der Waals surface area contributed by atoms with E-state index in [1.807, 2.05) is 30.3 Å². The maximum atomic E-state index is 12.5. The largest absolute Gasteiger partial charge is 0.378 e. The van der Waals surface area contributed by atoms with Crippen molar-refractivity contribution in [3.05, 3.63) is 53.9 Å². The van der Waals surface area contributed by atoms with E-state index in [1.54, 1.807) is 12.4 Å². The molecular formula is C18H21N3O2. The molecular weight excluding hydrogens is 290 g/mol. The van der Waals surface area contributed by atoms with Crippen LogP contribution in [0.25, 0.3) is 0 Å². The van der Waals surface area contributed by atoms with Crippen LogP contribution in [0.5, 0.6) is 0 Å². The van der Waals surface area contributed by atoms with E-state index < -0.39 is 0 Å². The Morgan fingerprint density at radius 3 is 2.83 bits per heavy atom. The summed E-state index contributed by atoms with van der Waals surface area (Å²) in [6, 6.07) is 9.75. The molecule has 1 amide bonds. The SMILES string of the molecule is CCc1ccccc1NC(=O)c1cncc(N2CCOCC2)c1. The average molecular weight is 311 g/mol. The zero-order valence-corrected chi connectivity index (χ0v) is 13.3. The molecule has 1 aliphatic rings. The number of hydrogen-bond acceptors (Lipinski definition) is 4. The molecule has 1 aromatic carbocycles. The number of ether oxygens (including phenoxy) is 1. The second kappa shape index (κ2) is 7.24. The van der Waals surface area contributed by atoms with E-state index in [4.69, 9.17) is 4.74 Å². The smallest absolute Gasteiger partial charge is 0.257 e. The molecule has 0 aliphatic carbocycles. The molecule has 1 aliphatic heterocycles. The number of anilines is 2. The highest BCUT2D eigenvalue weighted by atomic mass is 16.5. The molecule has 0 bridgehead atoms. The summed E-state index contributed by atoms with van der Waals surface area (Å²) in [6.07, 6.45) is 4.28. The van der Waals surface area contributed by atoms with Crippen molar-refractivity contribution in [2.75, 3.05) is 36.5 Å². The number of para-hydroxylation sites is 1. The van der Waals surface area contributed by atoms with Gasteiger partial charge in [0, 0.05) is 25.0 Å². The van der Waals surface area contributed by atoms with Crippen molar-refractivity contribution in [1.29, 1.82) is 0 Å². The normalized spacial score (nSPS) is 14.6. The number of pyridine rings is 1. The van der Waals surface area contributed by atoms with Gasteiger partial charge in [0.05, 0.1) is 30.7 Å². The highest BCUT2D eigenvalue weighted by Crippen LogP contribution is 2.19. The van der Waals surface area contributed by atoms with Gasteiger partial charge in [-0.1, -0.05) is 25.1 Å². The van der Waals surface area contributed by atoms with Gasteiger partial charge in [0.2, 0.25) is 0 Å². The topological polar surface area (TPSA) is 54.5 Å². The van der Waals surface area contributed by atoms with E-state index in [0.29, 0.717) is 18.8 Å². The Labute approximate surface area is 136 Å². The summed E-state index contributed by atoms with van der Waals surface area (Å²) in [7, 11) is 0. The lowest BCUT2D eigenvalue weighted by Crippen LogP contribution is -2.36. The molecule has 2 aromatic rings. The van der Waals surface area contributed by atoms with Crippen LogP contribution in [-0.4, -0.2) is 37.2 Å². The number of amides is 1. The first-order valence-electron chi connectivity index (χ1n) is 7.95. The predicted octanol–water partition coefficient (Wildman–Crippen LogP) is 2.73. The summed E-state index contributed by atoms with van der Waals surface area (Å²) in [6.45, 7) is 5.14. The first-order valence-corrected chi connectivity index (χ1v) is 7.95. The number of rotatable bonds is 4. The standard InChI is InChI=1S/C18H21N3O2/c1-2-14-5-3-4-6-17(14)20-18(22)15-11-16(13-19-12-15)21-7-9-23-10-8-21/h3-6,11-13H,2,7-10H2,1H3,(H,20,22). The van der Waals surface area contributed by atoms with Gasteiger partial charge in [-0.15, -0.1) is 0 Å². The van der Waals surface area contributed by atoms with Crippen LogP contribution >= 0.6 is 0 Å². The fourth-order valence-electron chi connectivity index (χ4n) is 2.69. The minimum Gasteiger partial charge on any atom is -0.378 e. The maximum absolute atomic E-state index is 12.5. The molecule has 2 heterocycles. The zero-order chi connectivity index (χ0) is 16.1. The molecule has 0 spiro atoms. The average Bonchev–Trinajstić information content (AvgIpc) is 2.63. The highest BCUT2D eigenvalue weighted by molar-refractivity contribution is 6.05. The summed E-state index contributed by atoms with van der Waals surface area (Å²) in [4.78, 5) is 18.9. The third-order valence-electron chi connectivity index (χ3n) is 4.01. The van der Waals surface area contributed by atoms with Crippen molar-refractivity contribution < 1.29 is 9.53 Å². The predicted molar refractivity (Wildman–Crippen MR) is 91.0 cm³/mol. The van der Waals surface area contributed by atoms with Gasteiger partial charge in [0.25, 0.3) is 5.91 Å². The van der Waals surface area contributed by atoms with Crippen LogP contribution in [0.2, 0.25) is 0 Å². The van der Waals surface area contributed by atoms with E-state index in [-0.39, 0.29) is 5.91 Å². The molecule has 3 rings (SSSR count). The highest BCUT2D eigenvalue weighted by Gasteiger charge is 2.14. The quantitative estimate of drug-likeness (QED) is 0.943. The van der Waals surface area contributed by atoms with Gasteiger partial charge in [-0.25, -0.2) is 0 Å². The Balaban J connectivity index is 1.77. The first kappa shape index (κ1) is 15.5. The molecule has 1 fully saturated rings. The van der Waals surface area contributed by atoms with Gasteiger partial charge in [-0.2, -0.15) is 0 Å². The summed E-state index contributed by atoms with van der Waals surface area (Å²) >= 11 is 0. The second-order valence-electron chi connectivity index (χ2n) is 5.50. The van der Waals surface area contributed by atoms with E-state index in [0.717, 1.165) is 36.4 Å². The molecule has 5 heteroatoms. The monoisotopic (exact) mass is 311 g/mol. The Kier molecular flexibility index (Phi) is 4.88. The molecule has 1 saturated heterocycles. The van der Waals surface area contributed by atoms with E-state index in [2.05, 4.69) is 22.1 Å². The molecule has 1 N–H and O–H groups in total. The lowest BCUT2D eigenvalue weighted by molar-refractivity contribution is 0.102. The fraction of sp³-hybridized carbons (Fsp3) is 0.333. The fourth-order valence-corrected chi connectivity index (χ4v) is 2.69. The third kappa shape index (κ3) is 3.68. The minimum atomic E-state index is -0.131. The van der Waals surface area contributed by atoms with Crippen LogP contribution < -0.4 is 10.2 Å². The number of nitrogens with zero attached hydrogens (tertiary/aromatic N) is 2. The van der Waals surface area contributed by atoms with Crippen molar-refractivity contribution in [2.24, 2.45) is 0 Å². The number of hydrogen-bond donors (Lipinski definition) is 1. The number of aromatic nitrogens is 1. The van der Waals surface area contributed by atoms with E-state index in [9.17, 15) is 4.79 Å². The van der Waals surface area contributed by atoms with Crippen LogP contribution in [0, 0.1) is 0 Å². The summed E-state index contributed by atoms with van der Waals surface area (Å²) in [5, 5.41) is 2.99. The van der Waals surface area contributed by atoms with Crippen molar-refractivity contribution in [3.8, 4) is 0 Å². The number of nitrogens with one attached hydrogen (secondary N) is 1. The van der Waals surface area contributed by atoms with Crippen LogP contribution in [0.1, 0.15) is 22.8 Å². The third-order valence-corrected chi connectivity index (χ3v) is 4.01. The van der Waals surface area contributed by atoms with E-state index in [1.165, 1.54) is 0 Å². The second-order valence-corrected chi connectivity index (χ2v) is 5.50. The Morgan fingerprint density at radius 1 is 1.26 bits per heavy atom. The van der Waals surface area contributed by atoms with Crippen molar-refractivity contribution in [2.45, 2.75) is 13.3 Å².